The molecule has 0 aliphatic carbocycles. The maximum Gasteiger partial charge on any atom is 0.263 e. The first-order chi connectivity index (χ1) is 14.4. The molecule has 30 heavy (non-hydrogen) atoms. The topological polar surface area (TPSA) is 55.6 Å². The van der Waals surface area contributed by atoms with Gasteiger partial charge in [0.25, 0.3) is 5.91 Å². The van der Waals surface area contributed by atoms with E-state index in [-0.39, 0.29) is 11.8 Å². The lowest BCUT2D eigenvalue weighted by Gasteiger charge is -2.32. The Kier molecular flexibility index (Phi) is 5.80. The fourth-order valence-electron chi connectivity index (χ4n) is 4.13. The van der Waals surface area contributed by atoms with Crippen molar-refractivity contribution in [2.75, 3.05) is 13.1 Å². The summed E-state index contributed by atoms with van der Waals surface area (Å²) in [5, 5.41) is 0. The molecule has 2 aromatic carbocycles. The lowest BCUT2D eigenvalue weighted by Crippen LogP contribution is -2.44. The van der Waals surface area contributed by atoms with E-state index >= 15 is 0 Å². The van der Waals surface area contributed by atoms with Crippen molar-refractivity contribution in [3.63, 3.8) is 0 Å². The molecule has 0 unspecified atom stereocenters. The molecule has 0 N–H and O–H groups in total. The van der Waals surface area contributed by atoms with E-state index in [0.29, 0.717) is 19.0 Å². The Morgan fingerprint density at radius 1 is 1.13 bits per heavy atom. The van der Waals surface area contributed by atoms with Crippen molar-refractivity contribution >= 4 is 17.0 Å². The van der Waals surface area contributed by atoms with Gasteiger partial charge in [-0.1, -0.05) is 38.1 Å². The number of oxazole rings is 1. The summed E-state index contributed by atoms with van der Waals surface area (Å²) < 4.78 is 12.1. The summed E-state index contributed by atoms with van der Waals surface area (Å²) in [5.74, 6) is 2.24. The molecular weight excluding hydrogens is 376 g/mol. The van der Waals surface area contributed by atoms with Gasteiger partial charge in [-0.25, -0.2) is 4.98 Å². The van der Waals surface area contributed by atoms with Crippen molar-refractivity contribution in [3.05, 3.63) is 59.5 Å². The normalized spacial score (nSPS) is 16.2. The van der Waals surface area contributed by atoms with E-state index < -0.39 is 6.10 Å². The summed E-state index contributed by atoms with van der Waals surface area (Å²) >= 11 is 0. The van der Waals surface area contributed by atoms with Crippen LogP contribution in [0.5, 0.6) is 5.75 Å². The molecule has 1 saturated heterocycles. The number of hydrogen-bond acceptors (Lipinski definition) is 4. The Labute approximate surface area is 178 Å². The van der Waals surface area contributed by atoms with Crippen LogP contribution in [0.25, 0.3) is 11.1 Å². The molecular formula is C25H30N2O3. The van der Waals surface area contributed by atoms with Crippen molar-refractivity contribution in [1.82, 2.24) is 9.88 Å². The fraction of sp³-hybridized carbons (Fsp3) is 0.440. The minimum absolute atomic E-state index is 0.0437. The first kappa shape index (κ1) is 20.5. The van der Waals surface area contributed by atoms with E-state index in [1.54, 1.807) is 0 Å². The minimum Gasteiger partial charge on any atom is -0.481 e. The summed E-state index contributed by atoms with van der Waals surface area (Å²) in [6, 6.07) is 14.1. The molecule has 1 amide bonds. The van der Waals surface area contributed by atoms with Gasteiger partial charge >= 0.3 is 0 Å². The second-order valence-corrected chi connectivity index (χ2v) is 8.58. The maximum absolute atomic E-state index is 13.0. The fourth-order valence-corrected chi connectivity index (χ4v) is 4.13. The summed E-state index contributed by atoms with van der Waals surface area (Å²) in [6.45, 7) is 9.56. The molecule has 1 fully saturated rings. The summed E-state index contributed by atoms with van der Waals surface area (Å²) in [7, 11) is 0. The number of ether oxygens (including phenoxy) is 1. The number of nitrogens with zero attached hydrogens (tertiary/aromatic N) is 2. The number of aryl methyl sites for hydroxylation is 1. The third kappa shape index (κ3) is 4.20. The second-order valence-electron chi connectivity index (χ2n) is 8.58. The number of amides is 1. The van der Waals surface area contributed by atoms with Gasteiger partial charge < -0.3 is 14.1 Å². The Balaban J connectivity index is 1.39. The first-order valence-electron chi connectivity index (χ1n) is 10.8. The molecule has 0 saturated carbocycles. The molecule has 3 aromatic rings. The van der Waals surface area contributed by atoms with Crippen molar-refractivity contribution < 1.29 is 13.9 Å². The highest BCUT2D eigenvalue weighted by Gasteiger charge is 2.30. The van der Waals surface area contributed by atoms with Gasteiger partial charge in [-0.3, -0.25) is 4.79 Å². The summed E-state index contributed by atoms with van der Waals surface area (Å²) in [5.41, 5.74) is 3.99. The third-order valence-corrected chi connectivity index (χ3v) is 5.91. The van der Waals surface area contributed by atoms with Crippen molar-refractivity contribution in [2.45, 2.75) is 58.5 Å². The van der Waals surface area contributed by atoms with Crippen LogP contribution < -0.4 is 4.74 Å². The number of likely N-dealkylation sites (tertiary alicyclic amines) is 1. The smallest absolute Gasteiger partial charge is 0.263 e. The van der Waals surface area contributed by atoms with Gasteiger partial charge in [0.15, 0.2) is 17.6 Å². The van der Waals surface area contributed by atoms with E-state index in [1.165, 1.54) is 0 Å². The number of rotatable bonds is 5. The zero-order valence-corrected chi connectivity index (χ0v) is 18.2. The number of para-hydroxylation sites is 2. The monoisotopic (exact) mass is 406 g/mol. The Morgan fingerprint density at radius 3 is 2.57 bits per heavy atom. The van der Waals surface area contributed by atoms with Crippen LogP contribution in [-0.2, 0) is 4.79 Å². The maximum atomic E-state index is 13.0. The van der Waals surface area contributed by atoms with E-state index in [4.69, 9.17) is 9.15 Å². The average Bonchev–Trinajstić information content (AvgIpc) is 3.17. The van der Waals surface area contributed by atoms with Crippen molar-refractivity contribution in [2.24, 2.45) is 0 Å². The molecule has 1 aliphatic rings. The van der Waals surface area contributed by atoms with Crippen LogP contribution in [0, 0.1) is 6.92 Å². The van der Waals surface area contributed by atoms with Gasteiger partial charge in [-0.05, 0) is 61.9 Å². The molecule has 5 heteroatoms. The van der Waals surface area contributed by atoms with Gasteiger partial charge in [0.2, 0.25) is 0 Å². The first-order valence-corrected chi connectivity index (χ1v) is 10.8. The zero-order chi connectivity index (χ0) is 21.3. The van der Waals surface area contributed by atoms with Crippen LogP contribution in [0.4, 0.5) is 0 Å². The van der Waals surface area contributed by atoms with Crippen LogP contribution in [0.1, 0.15) is 62.5 Å². The molecule has 0 radical (unpaired) electrons. The van der Waals surface area contributed by atoms with Crippen LogP contribution in [0.2, 0.25) is 0 Å². The van der Waals surface area contributed by atoms with Crippen molar-refractivity contribution in [1.29, 1.82) is 0 Å². The highest BCUT2D eigenvalue weighted by molar-refractivity contribution is 5.81. The largest absolute Gasteiger partial charge is 0.481 e. The average molecular weight is 407 g/mol. The predicted octanol–water partition coefficient (Wildman–Crippen LogP) is 5.43. The van der Waals surface area contributed by atoms with E-state index in [9.17, 15) is 4.79 Å². The lowest BCUT2D eigenvalue weighted by molar-refractivity contribution is -0.139. The van der Waals surface area contributed by atoms with E-state index in [2.05, 4.69) is 31.0 Å². The molecule has 2 heterocycles. The quantitative estimate of drug-likeness (QED) is 0.567. The molecule has 0 bridgehead atoms. The van der Waals surface area contributed by atoms with E-state index in [1.807, 2.05) is 49.1 Å². The van der Waals surface area contributed by atoms with Crippen LogP contribution >= 0.6 is 0 Å². The van der Waals surface area contributed by atoms with Crippen LogP contribution in [-0.4, -0.2) is 35.0 Å². The number of hydrogen-bond donors (Lipinski definition) is 0. The van der Waals surface area contributed by atoms with Gasteiger partial charge in [-0.15, -0.1) is 0 Å². The summed E-state index contributed by atoms with van der Waals surface area (Å²) in [6.07, 6.45) is 1.20. The predicted molar refractivity (Wildman–Crippen MR) is 118 cm³/mol. The Hall–Kier alpha value is -2.82. The van der Waals surface area contributed by atoms with Gasteiger partial charge in [-0.2, -0.15) is 0 Å². The van der Waals surface area contributed by atoms with E-state index in [0.717, 1.165) is 46.7 Å². The number of benzene rings is 2. The standard InChI is InChI=1S/C25H30N2O3/c1-16(2)20-10-9-17(3)15-23(20)29-18(4)25(28)27-13-11-19(12-14-27)24-26-21-7-5-6-8-22(21)30-24/h5-10,15-16,18-19H,11-14H2,1-4H3/t18-/m0/s1. The zero-order valence-electron chi connectivity index (χ0n) is 18.2. The van der Waals surface area contributed by atoms with Crippen LogP contribution in [0.3, 0.4) is 0 Å². The SMILES string of the molecule is Cc1ccc(C(C)C)c(O[C@@H](C)C(=O)N2CCC(c3nc4ccccc4o3)CC2)c1. The molecule has 1 aliphatic heterocycles. The number of carbonyl (C=O) groups is 1. The molecule has 1 atom stereocenters. The molecule has 0 spiro atoms. The molecule has 158 valence electrons. The minimum atomic E-state index is -0.509. The number of aromatic nitrogens is 1. The van der Waals surface area contributed by atoms with Crippen molar-refractivity contribution in [3.8, 4) is 5.75 Å². The molecule has 1 aromatic heterocycles. The number of piperidine rings is 1. The number of carbonyl (C=O) groups excluding carboxylic acids is 1. The van der Waals surface area contributed by atoms with Gasteiger partial charge in [0.1, 0.15) is 11.3 Å². The Morgan fingerprint density at radius 2 is 1.87 bits per heavy atom. The second kappa shape index (κ2) is 8.50. The highest BCUT2D eigenvalue weighted by Crippen LogP contribution is 2.31. The molecule has 4 rings (SSSR count). The van der Waals surface area contributed by atoms with Gasteiger partial charge in [0, 0.05) is 19.0 Å². The van der Waals surface area contributed by atoms with Crippen LogP contribution in [0.15, 0.2) is 46.9 Å². The highest BCUT2D eigenvalue weighted by atomic mass is 16.5. The number of fused-ring (bicyclic) bond motifs is 1. The molecule has 5 nitrogen and oxygen atoms in total. The van der Waals surface area contributed by atoms with Gasteiger partial charge in [0.05, 0.1) is 0 Å². The lowest BCUT2D eigenvalue weighted by atomic mass is 9.96. The summed E-state index contributed by atoms with van der Waals surface area (Å²) in [4.78, 5) is 19.6. The third-order valence-electron chi connectivity index (χ3n) is 5.91. The Bertz CT molecular complexity index is 999.